The molecule has 4 rings (SSSR count). The minimum absolute atomic E-state index is 0.497. The molecule has 9 heteroatoms. The van der Waals surface area contributed by atoms with E-state index in [1.807, 2.05) is 60.0 Å². The third-order valence-corrected chi connectivity index (χ3v) is 5.36. The van der Waals surface area contributed by atoms with E-state index in [-0.39, 0.29) is 0 Å². The second-order valence-corrected chi connectivity index (χ2v) is 7.48. The topological polar surface area (TPSA) is 78.9 Å². The molecule has 148 valence electrons. The summed E-state index contributed by atoms with van der Waals surface area (Å²) < 4.78 is 12.6. The van der Waals surface area contributed by atoms with Crippen LogP contribution in [0.5, 0.6) is 5.75 Å². The Morgan fingerprint density at radius 2 is 1.97 bits per heavy atom. The van der Waals surface area contributed by atoms with Crippen LogP contribution in [0.3, 0.4) is 0 Å². The van der Waals surface area contributed by atoms with E-state index >= 15 is 0 Å². The van der Waals surface area contributed by atoms with E-state index < -0.39 is 0 Å². The molecule has 0 aliphatic rings. The van der Waals surface area contributed by atoms with E-state index in [0.717, 1.165) is 23.4 Å². The van der Waals surface area contributed by atoms with Crippen LogP contribution >= 0.6 is 23.4 Å². The Morgan fingerprint density at radius 1 is 1.14 bits per heavy atom. The van der Waals surface area contributed by atoms with Gasteiger partial charge in [-0.25, -0.2) is 0 Å². The van der Waals surface area contributed by atoms with Crippen LogP contribution in [0.15, 0.2) is 58.2 Å². The molecule has 2 aromatic carbocycles. The average Bonchev–Trinajstić information content (AvgIpc) is 3.39. The molecule has 0 spiro atoms. The molecule has 0 atom stereocenters. The van der Waals surface area contributed by atoms with Crippen molar-refractivity contribution in [2.75, 3.05) is 7.11 Å². The number of thioether (sulfide) groups is 1. The molecule has 0 saturated heterocycles. The van der Waals surface area contributed by atoms with Crippen molar-refractivity contribution in [3.63, 3.8) is 0 Å². The van der Waals surface area contributed by atoms with Crippen molar-refractivity contribution in [1.82, 2.24) is 24.9 Å². The van der Waals surface area contributed by atoms with Gasteiger partial charge in [0, 0.05) is 22.7 Å². The van der Waals surface area contributed by atoms with Crippen LogP contribution < -0.4 is 4.74 Å². The lowest BCUT2D eigenvalue weighted by Gasteiger charge is -2.11. The number of aryl methyl sites for hydroxylation is 1. The molecular formula is C20H18ClN5O2S. The number of halogens is 1. The summed E-state index contributed by atoms with van der Waals surface area (Å²) in [5.74, 6) is 3.20. The van der Waals surface area contributed by atoms with Gasteiger partial charge < -0.3 is 9.26 Å². The summed E-state index contributed by atoms with van der Waals surface area (Å²) in [4.78, 5) is 4.36. The molecule has 0 saturated carbocycles. The predicted octanol–water partition coefficient (Wildman–Crippen LogP) is 4.83. The highest BCUT2D eigenvalue weighted by molar-refractivity contribution is 7.98. The van der Waals surface area contributed by atoms with Gasteiger partial charge in [0.1, 0.15) is 5.75 Å². The van der Waals surface area contributed by atoms with Crippen LogP contribution in [0.25, 0.3) is 17.1 Å². The number of hydrogen-bond acceptors (Lipinski definition) is 7. The highest BCUT2D eigenvalue weighted by Gasteiger charge is 2.18. The maximum absolute atomic E-state index is 6.08. The summed E-state index contributed by atoms with van der Waals surface area (Å²) in [7, 11) is 1.64. The Labute approximate surface area is 177 Å². The molecule has 0 radical (unpaired) electrons. The summed E-state index contributed by atoms with van der Waals surface area (Å²) in [5, 5.41) is 14.1. The Morgan fingerprint density at radius 3 is 2.69 bits per heavy atom. The van der Waals surface area contributed by atoms with Gasteiger partial charge in [-0.3, -0.25) is 4.57 Å². The van der Waals surface area contributed by atoms with Gasteiger partial charge in [0.2, 0.25) is 5.89 Å². The molecule has 2 heterocycles. The minimum Gasteiger partial charge on any atom is -0.497 e. The van der Waals surface area contributed by atoms with Gasteiger partial charge in [0.05, 0.1) is 12.9 Å². The van der Waals surface area contributed by atoms with Crippen LogP contribution in [-0.4, -0.2) is 32.0 Å². The highest BCUT2D eigenvalue weighted by Crippen LogP contribution is 2.31. The van der Waals surface area contributed by atoms with Gasteiger partial charge in [-0.15, -0.1) is 10.2 Å². The van der Waals surface area contributed by atoms with Crippen LogP contribution in [0.2, 0.25) is 5.02 Å². The first kappa shape index (κ1) is 19.5. The van der Waals surface area contributed by atoms with E-state index in [1.54, 1.807) is 7.11 Å². The van der Waals surface area contributed by atoms with Gasteiger partial charge in [-0.05, 0) is 36.4 Å². The van der Waals surface area contributed by atoms with E-state index in [9.17, 15) is 0 Å². The number of benzene rings is 2. The molecule has 4 aromatic rings. The van der Waals surface area contributed by atoms with Gasteiger partial charge in [-0.1, -0.05) is 47.6 Å². The Hall–Kier alpha value is -2.84. The lowest BCUT2D eigenvalue weighted by molar-refractivity contribution is 0.385. The molecule has 2 aromatic heterocycles. The highest BCUT2D eigenvalue weighted by atomic mass is 35.5. The quantitative estimate of drug-likeness (QED) is 0.390. The lowest BCUT2D eigenvalue weighted by Crippen LogP contribution is -2.00. The first-order chi connectivity index (χ1) is 14.2. The molecule has 0 aliphatic heterocycles. The number of methoxy groups -OCH3 is 1. The number of ether oxygens (including phenoxy) is 1. The number of aromatic nitrogens is 5. The van der Waals surface area contributed by atoms with Crippen molar-refractivity contribution in [2.45, 2.75) is 24.3 Å². The van der Waals surface area contributed by atoms with E-state index in [4.69, 9.17) is 20.9 Å². The second-order valence-electron chi connectivity index (χ2n) is 6.10. The summed E-state index contributed by atoms with van der Waals surface area (Å²) in [6.07, 6.45) is 0.731. The summed E-state index contributed by atoms with van der Waals surface area (Å²) in [6.45, 7) is 1.99. The number of nitrogens with zero attached hydrogens (tertiary/aromatic N) is 5. The zero-order chi connectivity index (χ0) is 20.2. The van der Waals surface area contributed by atoms with Crippen LogP contribution in [-0.2, 0) is 12.2 Å². The molecule has 7 nitrogen and oxygen atoms in total. The van der Waals surface area contributed by atoms with E-state index in [0.29, 0.717) is 33.5 Å². The van der Waals surface area contributed by atoms with Crippen molar-refractivity contribution in [3.8, 4) is 22.8 Å². The maximum atomic E-state index is 6.08. The number of hydrogen-bond donors (Lipinski definition) is 0. The van der Waals surface area contributed by atoms with Crippen molar-refractivity contribution in [2.24, 2.45) is 0 Å². The van der Waals surface area contributed by atoms with Crippen LogP contribution in [0.4, 0.5) is 0 Å². The zero-order valence-corrected chi connectivity index (χ0v) is 17.4. The molecule has 0 aliphatic carbocycles. The van der Waals surface area contributed by atoms with Gasteiger partial charge in [0.15, 0.2) is 16.8 Å². The molecular weight excluding hydrogens is 410 g/mol. The van der Waals surface area contributed by atoms with Crippen LogP contribution in [0.1, 0.15) is 18.6 Å². The fourth-order valence-electron chi connectivity index (χ4n) is 2.75. The third kappa shape index (κ3) is 4.28. The Balaban J connectivity index is 1.72. The fourth-order valence-corrected chi connectivity index (χ4v) is 3.67. The number of rotatable bonds is 7. The summed E-state index contributed by atoms with van der Waals surface area (Å²) in [6, 6.07) is 15.3. The minimum atomic E-state index is 0.497. The van der Waals surface area contributed by atoms with Crippen molar-refractivity contribution in [3.05, 3.63) is 65.3 Å². The smallest absolute Gasteiger partial charge is 0.237 e. The van der Waals surface area contributed by atoms with Crippen LogP contribution in [0, 0.1) is 0 Å². The SMILES string of the molecule is CCc1noc(CSc2nnc(-c3cccc(OC)c3)n2-c2ccc(Cl)cc2)n1. The largest absolute Gasteiger partial charge is 0.497 e. The molecule has 0 N–H and O–H groups in total. The zero-order valence-electron chi connectivity index (χ0n) is 15.9. The van der Waals surface area contributed by atoms with Gasteiger partial charge in [0.25, 0.3) is 0 Å². The van der Waals surface area contributed by atoms with Gasteiger partial charge >= 0.3 is 0 Å². The molecule has 0 amide bonds. The monoisotopic (exact) mass is 427 g/mol. The van der Waals surface area contributed by atoms with Gasteiger partial charge in [-0.2, -0.15) is 4.98 Å². The second kappa shape index (κ2) is 8.67. The molecule has 0 unspecified atom stereocenters. The molecule has 29 heavy (non-hydrogen) atoms. The van der Waals surface area contributed by atoms with E-state index in [1.165, 1.54) is 11.8 Å². The summed E-state index contributed by atoms with van der Waals surface area (Å²) in [5.41, 5.74) is 1.80. The van der Waals surface area contributed by atoms with Crippen molar-refractivity contribution >= 4 is 23.4 Å². The normalized spacial score (nSPS) is 11.0. The van der Waals surface area contributed by atoms with Crippen molar-refractivity contribution < 1.29 is 9.26 Å². The third-order valence-electron chi connectivity index (χ3n) is 4.20. The standard InChI is InChI=1S/C20H18ClN5O2S/c1-3-17-22-18(28-25-17)12-29-20-24-23-19(13-5-4-6-16(11-13)27-2)26(20)15-9-7-14(21)8-10-15/h4-11H,3,12H2,1-2H3. The van der Waals surface area contributed by atoms with E-state index in [2.05, 4.69) is 20.3 Å². The summed E-state index contributed by atoms with van der Waals surface area (Å²) >= 11 is 7.55. The fraction of sp³-hybridized carbons (Fsp3) is 0.200. The van der Waals surface area contributed by atoms with Crippen molar-refractivity contribution in [1.29, 1.82) is 0 Å². The molecule has 0 bridgehead atoms. The Bertz CT molecular complexity index is 1110. The average molecular weight is 428 g/mol. The first-order valence-corrected chi connectivity index (χ1v) is 10.3. The maximum Gasteiger partial charge on any atom is 0.237 e. The molecule has 0 fully saturated rings. The lowest BCUT2D eigenvalue weighted by atomic mass is 10.2. The first-order valence-electron chi connectivity index (χ1n) is 8.98. The Kier molecular flexibility index (Phi) is 5.82. The predicted molar refractivity (Wildman–Crippen MR) is 112 cm³/mol.